The van der Waals surface area contributed by atoms with Gasteiger partial charge in [0, 0.05) is 25.7 Å². The molecular formula is C26H37FN2O3. The zero-order valence-corrected chi connectivity index (χ0v) is 19.6. The van der Waals surface area contributed by atoms with Gasteiger partial charge in [0.05, 0.1) is 7.11 Å². The molecule has 0 heterocycles. The Labute approximate surface area is 191 Å². The van der Waals surface area contributed by atoms with Crippen LogP contribution in [0.3, 0.4) is 0 Å². The Balaban J connectivity index is 1.47. The highest BCUT2D eigenvalue weighted by Gasteiger charge is 2.20. The zero-order chi connectivity index (χ0) is 22.9. The van der Waals surface area contributed by atoms with Gasteiger partial charge in [-0.15, -0.1) is 0 Å². The van der Waals surface area contributed by atoms with Crippen molar-refractivity contribution in [1.82, 2.24) is 10.2 Å². The van der Waals surface area contributed by atoms with E-state index in [0.29, 0.717) is 42.7 Å². The molecular weight excluding hydrogens is 407 g/mol. The molecule has 1 saturated carbocycles. The van der Waals surface area contributed by atoms with Gasteiger partial charge in [-0.25, -0.2) is 4.39 Å². The fourth-order valence-electron chi connectivity index (χ4n) is 4.28. The van der Waals surface area contributed by atoms with E-state index < -0.39 is 6.10 Å². The summed E-state index contributed by atoms with van der Waals surface area (Å²) in [6.07, 6.45) is 5.76. The molecule has 2 aromatic carbocycles. The number of aliphatic hydroxyl groups excluding tert-OH is 1. The lowest BCUT2D eigenvalue weighted by molar-refractivity contribution is 0.0553. The maximum absolute atomic E-state index is 13.7. The Morgan fingerprint density at radius 3 is 2.44 bits per heavy atom. The number of ether oxygens (including phenoxy) is 2. The second kappa shape index (κ2) is 12.2. The van der Waals surface area contributed by atoms with Crippen molar-refractivity contribution in [2.45, 2.75) is 64.3 Å². The third-order valence-electron chi connectivity index (χ3n) is 6.25. The van der Waals surface area contributed by atoms with Gasteiger partial charge in [0.25, 0.3) is 0 Å². The average molecular weight is 445 g/mol. The van der Waals surface area contributed by atoms with Crippen LogP contribution in [0.15, 0.2) is 36.4 Å². The Hall–Kier alpha value is -2.15. The first kappa shape index (κ1) is 24.5. The largest absolute Gasteiger partial charge is 0.493 e. The molecule has 5 nitrogen and oxygen atoms in total. The molecule has 1 aliphatic carbocycles. The quantitative estimate of drug-likeness (QED) is 0.537. The standard InChI is InChI=1S/C26H37FN2O3/c1-19-9-10-20(13-24(19)27)15-28-16-21-11-12-25(26(14-21)31-3)32-18-23(30)17-29(2)22-7-5-4-6-8-22/h9-14,22-23,28,30H,4-8,15-18H2,1-3H3/t23-/m1/s1. The fourth-order valence-corrected chi connectivity index (χ4v) is 4.28. The van der Waals surface area contributed by atoms with Crippen LogP contribution in [-0.4, -0.2) is 49.5 Å². The van der Waals surface area contributed by atoms with E-state index in [1.54, 1.807) is 26.2 Å². The summed E-state index contributed by atoms with van der Waals surface area (Å²) in [6, 6.07) is 11.6. The molecule has 2 aromatic rings. The van der Waals surface area contributed by atoms with Crippen molar-refractivity contribution in [1.29, 1.82) is 0 Å². The Bertz CT molecular complexity index is 855. The second-order valence-electron chi connectivity index (χ2n) is 8.87. The number of methoxy groups -OCH3 is 1. The maximum atomic E-state index is 13.7. The van der Waals surface area contributed by atoms with Gasteiger partial charge >= 0.3 is 0 Å². The Morgan fingerprint density at radius 2 is 1.75 bits per heavy atom. The number of aryl methyl sites for hydroxylation is 1. The van der Waals surface area contributed by atoms with Gasteiger partial charge in [-0.05, 0) is 61.7 Å². The normalized spacial score (nSPS) is 15.7. The molecule has 32 heavy (non-hydrogen) atoms. The number of nitrogens with one attached hydrogen (secondary N) is 1. The average Bonchev–Trinajstić information content (AvgIpc) is 2.81. The zero-order valence-electron chi connectivity index (χ0n) is 19.6. The molecule has 176 valence electrons. The van der Waals surface area contributed by atoms with Gasteiger partial charge < -0.3 is 24.8 Å². The number of hydrogen-bond donors (Lipinski definition) is 2. The summed E-state index contributed by atoms with van der Waals surface area (Å²) in [5, 5.41) is 13.8. The van der Waals surface area contributed by atoms with Gasteiger partial charge in [-0.3, -0.25) is 0 Å². The molecule has 0 amide bonds. The molecule has 0 unspecified atom stereocenters. The van der Waals surface area contributed by atoms with Crippen molar-refractivity contribution in [3.05, 3.63) is 58.9 Å². The number of aliphatic hydroxyl groups is 1. The van der Waals surface area contributed by atoms with Gasteiger partial charge in [0.15, 0.2) is 11.5 Å². The third-order valence-corrected chi connectivity index (χ3v) is 6.25. The van der Waals surface area contributed by atoms with Gasteiger partial charge in [0.2, 0.25) is 0 Å². The number of halogens is 1. The third kappa shape index (κ3) is 7.19. The van der Waals surface area contributed by atoms with Crippen molar-refractivity contribution in [2.75, 3.05) is 27.3 Å². The van der Waals surface area contributed by atoms with Crippen molar-refractivity contribution in [3.8, 4) is 11.5 Å². The van der Waals surface area contributed by atoms with E-state index in [1.165, 1.54) is 32.1 Å². The fraction of sp³-hybridized carbons (Fsp3) is 0.538. The summed E-state index contributed by atoms with van der Waals surface area (Å²) in [4.78, 5) is 2.26. The van der Waals surface area contributed by atoms with Crippen molar-refractivity contribution in [3.63, 3.8) is 0 Å². The Kier molecular flexibility index (Phi) is 9.33. The van der Waals surface area contributed by atoms with E-state index in [0.717, 1.165) is 11.1 Å². The molecule has 1 aliphatic rings. The minimum absolute atomic E-state index is 0.181. The van der Waals surface area contributed by atoms with Gasteiger partial charge in [-0.2, -0.15) is 0 Å². The van der Waals surface area contributed by atoms with Crippen LogP contribution in [-0.2, 0) is 13.1 Å². The molecule has 0 saturated heterocycles. The highest BCUT2D eigenvalue weighted by Crippen LogP contribution is 2.28. The second-order valence-corrected chi connectivity index (χ2v) is 8.87. The monoisotopic (exact) mass is 444 g/mol. The van der Waals surface area contributed by atoms with Gasteiger partial charge in [0.1, 0.15) is 18.5 Å². The topological polar surface area (TPSA) is 54.0 Å². The van der Waals surface area contributed by atoms with Crippen molar-refractivity contribution in [2.24, 2.45) is 0 Å². The molecule has 0 aliphatic heterocycles. The lowest BCUT2D eigenvalue weighted by atomic mass is 9.94. The predicted octanol–water partition coefficient (Wildman–Crippen LogP) is 4.44. The van der Waals surface area contributed by atoms with Gasteiger partial charge in [-0.1, -0.05) is 37.5 Å². The minimum Gasteiger partial charge on any atom is -0.493 e. The molecule has 1 fully saturated rings. The molecule has 0 radical (unpaired) electrons. The predicted molar refractivity (Wildman–Crippen MR) is 126 cm³/mol. The molecule has 6 heteroatoms. The summed E-state index contributed by atoms with van der Waals surface area (Å²) >= 11 is 0. The highest BCUT2D eigenvalue weighted by atomic mass is 19.1. The van der Waals surface area contributed by atoms with E-state index in [-0.39, 0.29) is 12.4 Å². The summed E-state index contributed by atoms with van der Waals surface area (Å²) in [5.41, 5.74) is 2.60. The van der Waals surface area contributed by atoms with E-state index >= 15 is 0 Å². The SMILES string of the molecule is COc1cc(CNCc2ccc(C)c(F)c2)ccc1OC[C@H](O)CN(C)C1CCCCC1. The number of hydrogen-bond acceptors (Lipinski definition) is 5. The Morgan fingerprint density at radius 1 is 1.06 bits per heavy atom. The van der Waals surface area contributed by atoms with Crippen LogP contribution in [0.5, 0.6) is 11.5 Å². The first-order valence-corrected chi connectivity index (χ1v) is 11.6. The molecule has 3 rings (SSSR count). The number of benzene rings is 2. The smallest absolute Gasteiger partial charge is 0.161 e. The van der Waals surface area contributed by atoms with Crippen LogP contribution in [0.4, 0.5) is 4.39 Å². The van der Waals surface area contributed by atoms with Crippen molar-refractivity contribution >= 4 is 0 Å². The first-order valence-electron chi connectivity index (χ1n) is 11.6. The summed E-state index contributed by atoms with van der Waals surface area (Å²) in [5.74, 6) is 1.08. The lowest BCUT2D eigenvalue weighted by Crippen LogP contribution is -2.40. The first-order chi connectivity index (χ1) is 15.5. The molecule has 0 bridgehead atoms. The summed E-state index contributed by atoms with van der Waals surface area (Å²) in [6.45, 7) is 3.80. The molecule has 0 spiro atoms. The number of likely N-dealkylation sites (N-methyl/N-ethyl adjacent to an activating group) is 1. The molecule has 0 aromatic heterocycles. The molecule has 2 N–H and O–H groups in total. The molecule has 1 atom stereocenters. The van der Waals surface area contributed by atoms with E-state index in [4.69, 9.17) is 9.47 Å². The van der Waals surface area contributed by atoms with E-state index in [1.807, 2.05) is 24.3 Å². The van der Waals surface area contributed by atoms with Crippen LogP contribution in [0.2, 0.25) is 0 Å². The lowest BCUT2D eigenvalue weighted by Gasteiger charge is -2.32. The maximum Gasteiger partial charge on any atom is 0.161 e. The summed E-state index contributed by atoms with van der Waals surface area (Å²) in [7, 11) is 3.70. The van der Waals surface area contributed by atoms with Crippen molar-refractivity contribution < 1.29 is 19.0 Å². The minimum atomic E-state index is -0.553. The summed E-state index contributed by atoms with van der Waals surface area (Å²) < 4.78 is 25.0. The van der Waals surface area contributed by atoms with E-state index in [2.05, 4.69) is 17.3 Å². The van der Waals surface area contributed by atoms with Crippen LogP contribution < -0.4 is 14.8 Å². The number of nitrogens with zero attached hydrogens (tertiary/aromatic N) is 1. The van der Waals surface area contributed by atoms with Crippen LogP contribution in [0.1, 0.15) is 48.8 Å². The highest BCUT2D eigenvalue weighted by molar-refractivity contribution is 5.43. The van der Waals surface area contributed by atoms with E-state index in [9.17, 15) is 9.50 Å². The number of rotatable bonds is 11. The van der Waals surface area contributed by atoms with Crippen LogP contribution in [0, 0.1) is 12.7 Å². The van der Waals surface area contributed by atoms with Crippen LogP contribution in [0.25, 0.3) is 0 Å². The van der Waals surface area contributed by atoms with Crippen LogP contribution >= 0.6 is 0 Å².